The van der Waals surface area contributed by atoms with Gasteiger partial charge < -0.3 is 14.2 Å². The Hall–Kier alpha value is -4.19. The van der Waals surface area contributed by atoms with Gasteiger partial charge in [-0.1, -0.05) is 80.1 Å². The Morgan fingerprint density at radius 1 is 0.927 bits per heavy atom. The molecule has 3 atom stereocenters. The number of carbonyl (C=O) groups is 2. The van der Waals surface area contributed by atoms with E-state index in [1.807, 2.05) is 73.7 Å². The summed E-state index contributed by atoms with van der Waals surface area (Å²) in [7, 11) is 1.60. The molecule has 0 amide bonds. The smallest absolute Gasteiger partial charge is 0.315 e. The number of methoxy groups -OCH3 is 1. The largest absolute Gasteiger partial charge is 0.493 e. The minimum absolute atomic E-state index is 0.0242. The minimum atomic E-state index is -0.691. The highest BCUT2D eigenvalue weighted by Gasteiger charge is 2.45. The van der Waals surface area contributed by atoms with Crippen molar-refractivity contribution in [3.63, 3.8) is 0 Å². The van der Waals surface area contributed by atoms with E-state index in [1.165, 1.54) is 0 Å². The second-order valence-corrected chi connectivity index (χ2v) is 10.7. The van der Waals surface area contributed by atoms with Crippen LogP contribution in [-0.2, 0) is 20.9 Å². The number of hydrogen-bond donors (Lipinski definition) is 0. The maximum absolute atomic E-state index is 13.9. The highest BCUT2D eigenvalue weighted by molar-refractivity contribution is 6.09. The number of allylic oxidation sites excluding steroid dienone is 2. The Kier molecular flexibility index (Phi) is 8.98. The van der Waals surface area contributed by atoms with Crippen LogP contribution in [0.25, 0.3) is 0 Å². The Balaban J connectivity index is 1.51. The second kappa shape index (κ2) is 13.0. The van der Waals surface area contributed by atoms with Crippen molar-refractivity contribution in [2.75, 3.05) is 13.7 Å². The van der Waals surface area contributed by atoms with Crippen LogP contribution in [-0.4, -0.2) is 31.2 Å². The van der Waals surface area contributed by atoms with Gasteiger partial charge in [-0.3, -0.25) is 14.6 Å². The van der Waals surface area contributed by atoms with Crippen molar-refractivity contribution in [3.8, 4) is 11.5 Å². The Bertz CT molecular complexity index is 1440. The van der Waals surface area contributed by atoms with Crippen LogP contribution >= 0.6 is 0 Å². The van der Waals surface area contributed by atoms with Crippen molar-refractivity contribution in [3.05, 3.63) is 107 Å². The van der Waals surface area contributed by atoms with Crippen LogP contribution in [0.1, 0.15) is 68.1 Å². The number of esters is 1. The van der Waals surface area contributed by atoms with Gasteiger partial charge in [-0.2, -0.15) is 0 Å². The highest BCUT2D eigenvalue weighted by Crippen LogP contribution is 2.48. The summed E-state index contributed by atoms with van der Waals surface area (Å²) < 4.78 is 17.5. The van der Waals surface area contributed by atoms with E-state index in [0.29, 0.717) is 48.8 Å². The second-order valence-electron chi connectivity index (χ2n) is 10.7. The van der Waals surface area contributed by atoms with E-state index < -0.39 is 11.8 Å². The van der Waals surface area contributed by atoms with E-state index in [1.54, 1.807) is 7.11 Å². The highest BCUT2D eigenvalue weighted by atomic mass is 16.5. The van der Waals surface area contributed by atoms with Crippen LogP contribution in [0, 0.1) is 5.92 Å². The summed E-state index contributed by atoms with van der Waals surface area (Å²) in [5.74, 6) is -0.341. The van der Waals surface area contributed by atoms with Gasteiger partial charge in [-0.15, -0.1) is 0 Å². The van der Waals surface area contributed by atoms with E-state index in [0.717, 1.165) is 35.2 Å². The molecule has 3 aromatic rings. The number of benzene rings is 3. The van der Waals surface area contributed by atoms with Gasteiger partial charge in [0, 0.05) is 29.3 Å². The Morgan fingerprint density at radius 2 is 1.66 bits per heavy atom. The average molecular weight is 552 g/mol. The number of Topliss-reactive ketones (excluding diaryl/α,β-unsaturated/α-hetero) is 1. The Morgan fingerprint density at radius 3 is 2.37 bits per heavy atom. The standard InChI is InChI=1S/C35H37NO5/c1-4-5-18-40-35(38)32-23(2)36-28-19-27(25-14-10-7-11-15-25)20-29(37)34(28)33(32)26-16-17-30(31(21-26)39-3)41-22-24-12-8-6-9-13-24/h6-17,21,27,32-33H,4-5,18-20,22H2,1-3H3/t27-,32?,33+/m0/s1. The first-order chi connectivity index (χ1) is 20.0. The average Bonchev–Trinajstić information content (AvgIpc) is 3.00. The van der Waals surface area contributed by atoms with Gasteiger partial charge in [-0.05, 0) is 54.5 Å². The zero-order chi connectivity index (χ0) is 28.8. The lowest BCUT2D eigenvalue weighted by atomic mass is 9.69. The van der Waals surface area contributed by atoms with E-state index >= 15 is 0 Å². The molecule has 0 spiro atoms. The van der Waals surface area contributed by atoms with Crippen LogP contribution in [0.5, 0.6) is 11.5 Å². The summed E-state index contributed by atoms with van der Waals surface area (Å²) in [5.41, 5.74) is 5.02. The van der Waals surface area contributed by atoms with Crippen LogP contribution in [0.15, 0.2) is 95.1 Å². The molecule has 0 saturated heterocycles. The van der Waals surface area contributed by atoms with Gasteiger partial charge in [0.15, 0.2) is 17.3 Å². The van der Waals surface area contributed by atoms with Crippen molar-refractivity contribution >= 4 is 17.5 Å². The number of unbranched alkanes of at least 4 members (excludes halogenated alkanes) is 1. The number of nitrogens with zero attached hydrogens (tertiary/aromatic N) is 1. The monoisotopic (exact) mass is 551 g/mol. The SMILES string of the molecule is CCCCOC(=O)C1C(C)=NC2=C(C(=O)C[C@@H](c3ccccc3)C2)[C@@H]1c1ccc(OCc2ccccc2)c(OC)c1. The number of hydrogen-bond acceptors (Lipinski definition) is 6. The summed E-state index contributed by atoms with van der Waals surface area (Å²) in [6.07, 6.45) is 2.73. The van der Waals surface area contributed by atoms with Crippen molar-refractivity contribution < 1.29 is 23.8 Å². The molecule has 6 nitrogen and oxygen atoms in total. The molecular weight excluding hydrogens is 514 g/mol. The van der Waals surface area contributed by atoms with Gasteiger partial charge in [0.2, 0.25) is 0 Å². The molecule has 6 heteroatoms. The summed E-state index contributed by atoms with van der Waals surface area (Å²) >= 11 is 0. The van der Waals surface area contributed by atoms with Gasteiger partial charge in [0.05, 0.1) is 13.7 Å². The van der Waals surface area contributed by atoms with Crippen molar-refractivity contribution in [2.45, 2.75) is 58.0 Å². The molecule has 0 saturated carbocycles. The predicted molar refractivity (Wildman–Crippen MR) is 159 cm³/mol. The maximum Gasteiger partial charge on any atom is 0.315 e. The van der Waals surface area contributed by atoms with E-state index in [4.69, 9.17) is 19.2 Å². The first-order valence-corrected chi connectivity index (χ1v) is 14.4. The first kappa shape index (κ1) is 28.3. The van der Waals surface area contributed by atoms with Crippen molar-refractivity contribution in [1.82, 2.24) is 0 Å². The third kappa shape index (κ3) is 6.27. The summed E-state index contributed by atoms with van der Waals surface area (Å²) in [4.78, 5) is 32.3. The molecule has 1 aliphatic carbocycles. The normalized spacial score (nSPS) is 20.2. The number of aliphatic imine (C=N–C) groups is 1. The fourth-order valence-electron chi connectivity index (χ4n) is 5.83. The summed E-state index contributed by atoms with van der Waals surface area (Å²) in [6.45, 7) is 4.66. The van der Waals surface area contributed by atoms with E-state index in [2.05, 4.69) is 19.1 Å². The lowest BCUT2D eigenvalue weighted by Crippen LogP contribution is -2.38. The van der Waals surface area contributed by atoms with Crippen molar-refractivity contribution in [2.24, 2.45) is 10.9 Å². The maximum atomic E-state index is 13.9. The zero-order valence-corrected chi connectivity index (χ0v) is 24.0. The molecule has 212 valence electrons. The minimum Gasteiger partial charge on any atom is -0.493 e. The number of ketones is 1. The molecule has 5 rings (SSSR count). The van der Waals surface area contributed by atoms with Gasteiger partial charge in [-0.25, -0.2) is 0 Å². The van der Waals surface area contributed by atoms with Gasteiger partial charge in [0.1, 0.15) is 12.5 Å². The molecule has 3 aromatic carbocycles. The Labute approximate surface area is 242 Å². The third-order valence-corrected chi connectivity index (χ3v) is 7.94. The molecule has 41 heavy (non-hydrogen) atoms. The lowest BCUT2D eigenvalue weighted by Gasteiger charge is -2.36. The molecule has 0 fully saturated rings. The molecule has 0 N–H and O–H groups in total. The molecule has 1 unspecified atom stereocenters. The van der Waals surface area contributed by atoms with Crippen LogP contribution in [0.4, 0.5) is 0 Å². The third-order valence-electron chi connectivity index (χ3n) is 7.94. The molecule has 0 bridgehead atoms. The van der Waals surface area contributed by atoms with Crippen LogP contribution in [0.2, 0.25) is 0 Å². The number of carbonyl (C=O) groups excluding carboxylic acids is 2. The molecule has 0 radical (unpaired) electrons. The summed E-state index contributed by atoms with van der Waals surface area (Å²) in [6, 6.07) is 25.7. The van der Waals surface area contributed by atoms with E-state index in [9.17, 15) is 9.59 Å². The van der Waals surface area contributed by atoms with Gasteiger partial charge in [0.25, 0.3) is 0 Å². The molecule has 2 aliphatic rings. The van der Waals surface area contributed by atoms with Crippen molar-refractivity contribution in [1.29, 1.82) is 0 Å². The fourth-order valence-corrected chi connectivity index (χ4v) is 5.83. The topological polar surface area (TPSA) is 74.2 Å². The lowest BCUT2D eigenvalue weighted by molar-refractivity contribution is -0.146. The number of ether oxygens (including phenoxy) is 3. The number of rotatable bonds is 10. The zero-order valence-electron chi connectivity index (χ0n) is 24.0. The molecule has 0 aromatic heterocycles. The predicted octanol–water partition coefficient (Wildman–Crippen LogP) is 7.19. The molecule has 1 heterocycles. The molecular formula is C35H37NO5. The fraction of sp³-hybridized carbons (Fsp3) is 0.343. The first-order valence-electron chi connectivity index (χ1n) is 14.4. The summed E-state index contributed by atoms with van der Waals surface area (Å²) in [5, 5.41) is 0. The van der Waals surface area contributed by atoms with E-state index in [-0.39, 0.29) is 17.7 Å². The quantitative estimate of drug-likeness (QED) is 0.197. The van der Waals surface area contributed by atoms with Crippen LogP contribution < -0.4 is 9.47 Å². The van der Waals surface area contributed by atoms with Crippen LogP contribution in [0.3, 0.4) is 0 Å². The molecule has 1 aliphatic heterocycles. The van der Waals surface area contributed by atoms with Gasteiger partial charge >= 0.3 is 5.97 Å².